The second-order valence-electron chi connectivity index (χ2n) is 6.25. The average molecular weight is 290 g/mol. The molecule has 0 radical (unpaired) electrons. The van der Waals surface area contributed by atoms with Gasteiger partial charge in [-0.1, -0.05) is 36.8 Å². The number of rotatable bonds is 4. The Morgan fingerprint density at radius 3 is 2.70 bits per heavy atom. The normalized spacial score (nSPS) is 26.8. The van der Waals surface area contributed by atoms with E-state index in [1.54, 1.807) is 0 Å². The molecule has 1 atom stereocenters. The zero-order chi connectivity index (χ0) is 13.8. The van der Waals surface area contributed by atoms with Gasteiger partial charge in [0.2, 0.25) is 0 Å². The Kier molecular flexibility index (Phi) is 4.69. The summed E-state index contributed by atoms with van der Waals surface area (Å²) in [7, 11) is 0. The van der Waals surface area contributed by atoms with Crippen molar-refractivity contribution in [3.63, 3.8) is 0 Å². The van der Waals surface area contributed by atoms with Gasteiger partial charge in [-0.15, -0.1) is 0 Å². The van der Waals surface area contributed by atoms with Gasteiger partial charge in [-0.3, -0.25) is 0 Å². The molecule has 1 aliphatic heterocycles. The number of nitrogens with one attached hydrogen (secondary N) is 1. The maximum atomic E-state index is 3.72. The Morgan fingerprint density at radius 1 is 1.25 bits per heavy atom. The highest BCUT2D eigenvalue weighted by molar-refractivity contribution is 8.00. The fourth-order valence-corrected chi connectivity index (χ4v) is 4.46. The van der Waals surface area contributed by atoms with Gasteiger partial charge in [-0.2, -0.15) is 11.8 Å². The van der Waals surface area contributed by atoms with Gasteiger partial charge < -0.3 is 10.2 Å². The third kappa shape index (κ3) is 3.21. The molecular formula is C17H26N2S. The van der Waals surface area contributed by atoms with Crippen LogP contribution in [0.5, 0.6) is 0 Å². The molecule has 1 saturated carbocycles. The maximum Gasteiger partial charge on any atom is 0.0449 e. The number of nitrogens with zero attached hydrogens (tertiary/aromatic N) is 1. The topological polar surface area (TPSA) is 15.3 Å². The first-order chi connectivity index (χ1) is 9.81. The van der Waals surface area contributed by atoms with Crippen LogP contribution in [-0.2, 0) is 0 Å². The molecule has 0 spiro atoms. The van der Waals surface area contributed by atoms with Crippen molar-refractivity contribution in [2.45, 2.75) is 36.5 Å². The first-order valence-corrected chi connectivity index (χ1v) is 9.10. The molecule has 20 heavy (non-hydrogen) atoms. The molecule has 0 aromatic heterocycles. The van der Waals surface area contributed by atoms with Gasteiger partial charge in [0.15, 0.2) is 0 Å². The summed E-state index contributed by atoms with van der Waals surface area (Å²) in [5, 5.41) is 3.72. The van der Waals surface area contributed by atoms with Crippen LogP contribution >= 0.6 is 11.8 Å². The third-order valence-electron chi connectivity index (χ3n) is 4.89. The van der Waals surface area contributed by atoms with Gasteiger partial charge in [0.05, 0.1) is 0 Å². The number of benzene rings is 1. The van der Waals surface area contributed by atoms with Gasteiger partial charge in [0.25, 0.3) is 0 Å². The van der Waals surface area contributed by atoms with Crippen molar-refractivity contribution < 1.29 is 0 Å². The van der Waals surface area contributed by atoms with Gasteiger partial charge in [-0.25, -0.2) is 0 Å². The molecule has 1 aromatic rings. The van der Waals surface area contributed by atoms with Gasteiger partial charge in [0.1, 0.15) is 0 Å². The molecule has 2 fully saturated rings. The molecule has 1 heterocycles. The smallest absolute Gasteiger partial charge is 0.0449 e. The van der Waals surface area contributed by atoms with Crippen molar-refractivity contribution in [3.05, 3.63) is 35.9 Å². The van der Waals surface area contributed by atoms with Crippen LogP contribution in [0.4, 0.5) is 0 Å². The second kappa shape index (κ2) is 6.50. The van der Waals surface area contributed by atoms with E-state index in [4.69, 9.17) is 0 Å². The molecule has 1 aromatic carbocycles. The van der Waals surface area contributed by atoms with E-state index in [0.29, 0.717) is 10.8 Å². The summed E-state index contributed by atoms with van der Waals surface area (Å²) in [6.45, 7) is 4.83. The minimum absolute atomic E-state index is 0.498. The van der Waals surface area contributed by atoms with E-state index in [-0.39, 0.29) is 0 Å². The lowest BCUT2D eigenvalue weighted by molar-refractivity contribution is 0.199. The van der Waals surface area contributed by atoms with E-state index in [2.05, 4.69) is 58.6 Å². The van der Waals surface area contributed by atoms with Gasteiger partial charge >= 0.3 is 0 Å². The molecular weight excluding hydrogens is 264 g/mol. The molecule has 1 unspecified atom stereocenters. The zero-order valence-electron chi connectivity index (χ0n) is 12.5. The molecule has 3 heteroatoms. The van der Waals surface area contributed by atoms with Crippen molar-refractivity contribution in [2.24, 2.45) is 0 Å². The summed E-state index contributed by atoms with van der Waals surface area (Å²) in [5.74, 6) is 0. The number of hydrogen-bond acceptors (Lipinski definition) is 3. The van der Waals surface area contributed by atoms with Crippen LogP contribution in [0, 0.1) is 0 Å². The largest absolute Gasteiger partial charge is 0.309 e. The van der Waals surface area contributed by atoms with Crippen LogP contribution in [0.15, 0.2) is 30.3 Å². The van der Waals surface area contributed by atoms with Gasteiger partial charge in [0, 0.05) is 23.9 Å². The Morgan fingerprint density at radius 2 is 2.05 bits per heavy atom. The highest BCUT2D eigenvalue weighted by atomic mass is 32.2. The molecule has 0 amide bonds. The van der Waals surface area contributed by atoms with E-state index < -0.39 is 0 Å². The summed E-state index contributed by atoms with van der Waals surface area (Å²) in [5.41, 5.74) is 1.44. The number of thioether (sulfide) groups is 1. The SMILES string of the molecule is CSC1(CN2CCCNC(c3ccccc3)C2)CCC1. The van der Waals surface area contributed by atoms with E-state index in [0.717, 1.165) is 13.1 Å². The molecule has 2 aliphatic rings. The predicted molar refractivity (Wildman–Crippen MR) is 88.3 cm³/mol. The highest BCUT2D eigenvalue weighted by Crippen LogP contribution is 2.43. The van der Waals surface area contributed by atoms with Crippen molar-refractivity contribution in [2.75, 3.05) is 32.4 Å². The minimum Gasteiger partial charge on any atom is -0.309 e. The Hall–Kier alpha value is -0.510. The van der Waals surface area contributed by atoms with Crippen LogP contribution < -0.4 is 5.32 Å². The summed E-state index contributed by atoms with van der Waals surface area (Å²) in [6, 6.07) is 11.4. The van der Waals surface area contributed by atoms with Crippen molar-refractivity contribution in [3.8, 4) is 0 Å². The summed E-state index contributed by atoms with van der Waals surface area (Å²) in [4.78, 5) is 2.70. The molecule has 1 aliphatic carbocycles. The van der Waals surface area contributed by atoms with Crippen molar-refractivity contribution >= 4 is 11.8 Å². The minimum atomic E-state index is 0.498. The Bertz CT molecular complexity index is 411. The monoisotopic (exact) mass is 290 g/mol. The summed E-state index contributed by atoms with van der Waals surface area (Å²) < 4.78 is 0.561. The Labute approximate surface area is 127 Å². The third-order valence-corrected chi connectivity index (χ3v) is 6.30. The van der Waals surface area contributed by atoms with Crippen molar-refractivity contribution in [1.82, 2.24) is 10.2 Å². The standard InChI is InChI=1S/C17H26N2S/c1-20-17(9-5-10-17)14-19-12-6-11-18-16(13-19)15-7-3-2-4-8-15/h2-4,7-8,16,18H,5-6,9-14H2,1H3. The average Bonchev–Trinajstić information content (AvgIpc) is 2.69. The summed E-state index contributed by atoms with van der Waals surface area (Å²) >= 11 is 2.09. The maximum absolute atomic E-state index is 3.72. The first-order valence-electron chi connectivity index (χ1n) is 7.87. The molecule has 110 valence electrons. The van der Waals surface area contributed by atoms with Crippen LogP contribution in [0.2, 0.25) is 0 Å². The fraction of sp³-hybridized carbons (Fsp3) is 0.647. The van der Waals surface area contributed by atoms with Crippen LogP contribution in [0.25, 0.3) is 0 Å². The fourth-order valence-electron chi connectivity index (χ4n) is 3.45. The summed E-state index contributed by atoms with van der Waals surface area (Å²) in [6.07, 6.45) is 7.81. The van der Waals surface area contributed by atoms with Crippen LogP contribution in [0.3, 0.4) is 0 Å². The number of hydrogen-bond donors (Lipinski definition) is 1. The van der Waals surface area contributed by atoms with E-state index >= 15 is 0 Å². The molecule has 2 nitrogen and oxygen atoms in total. The van der Waals surface area contributed by atoms with E-state index in [1.165, 1.54) is 44.3 Å². The first kappa shape index (κ1) is 14.4. The molecule has 1 saturated heterocycles. The molecule has 0 bridgehead atoms. The van der Waals surface area contributed by atoms with Crippen molar-refractivity contribution in [1.29, 1.82) is 0 Å². The highest BCUT2D eigenvalue weighted by Gasteiger charge is 2.38. The zero-order valence-corrected chi connectivity index (χ0v) is 13.3. The molecule has 3 rings (SSSR count). The lowest BCUT2D eigenvalue weighted by atomic mass is 9.83. The lowest BCUT2D eigenvalue weighted by Gasteiger charge is -2.44. The quantitative estimate of drug-likeness (QED) is 0.916. The lowest BCUT2D eigenvalue weighted by Crippen LogP contribution is -2.46. The van der Waals surface area contributed by atoms with Gasteiger partial charge in [-0.05, 0) is 44.2 Å². The van der Waals surface area contributed by atoms with Crippen LogP contribution in [-0.4, -0.2) is 42.1 Å². The second-order valence-corrected chi connectivity index (χ2v) is 7.52. The van der Waals surface area contributed by atoms with Crippen LogP contribution in [0.1, 0.15) is 37.3 Å². The van der Waals surface area contributed by atoms with E-state index in [1.807, 2.05) is 0 Å². The molecule has 1 N–H and O–H groups in total. The van der Waals surface area contributed by atoms with E-state index in [9.17, 15) is 0 Å². The predicted octanol–water partition coefficient (Wildman–Crippen LogP) is 3.31. The Balaban J connectivity index is 1.66.